The SMILES string of the molecule is O=C(CCc1csc(-c2ccncc2)n1)Nc1cccc2cccnc12. The average molecular weight is 360 g/mol. The van der Waals surface area contributed by atoms with Crippen LogP contribution in [0, 0.1) is 0 Å². The molecule has 0 aliphatic heterocycles. The van der Waals surface area contributed by atoms with Crippen LogP contribution in [-0.2, 0) is 11.2 Å². The molecule has 0 unspecified atom stereocenters. The number of nitrogens with zero attached hydrogens (tertiary/aromatic N) is 3. The average Bonchev–Trinajstić information content (AvgIpc) is 3.17. The predicted octanol–water partition coefficient (Wildman–Crippen LogP) is 4.32. The minimum absolute atomic E-state index is 0.0402. The summed E-state index contributed by atoms with van der Waals surface area (Å²) in [6, 6.07) is 13.5. The summed E-state index contributed by atoms with van der Waals surface area (Å²) in [5, 5.41) is 6.91. The van der Waals surface area contributed by atoms with Crippen LogP contribution in [0.15, 0.2) is 66.4 Å². The van der Waals surface area contributed by atoms with E-state index in [1.807, 2.05) is 47.8 Å². The molecule has 0 saturated heterocycles. The minimum Gasteiger partial charge on any atom is -0.324 e. The van der Waals surface area contributed by atoms with Crippen LogP contribution in [0.1, 0.15) is 12.1 Å². The quantitative estimate of drug-likeness (QED) is 0.575. The molecule has 0 bridgehead atoms. The van der Waals surface area contributed by atoms with Gasteiger partial charge < -0.3 is 5.32 Å². The van der Waals surface area contributed by atoms with E-state index in [0.717, 1.165) is 32.9 Å². The van der Waals surface area contributed by atoms with E-state index in [1.54, 1.807) is 29.9 Å². The molecule has 0 atom stereocenters. The van der Waals surface area contributed by atoms with Crippen molar-refractivity contribution in [2.24, 2.45) is 0 Å². The Balaban J connectivity index is 1.41. The number of fused-ring (bicyclic) bond motifs is 1. The molecule has 1 N–H and O–H groups in total. The monoisotopic (exact) mass is 360 g/mol. The number of aryl methyl sites for hydroxylation is 1. The van der Waals surface area contributed by atoms with Crippen molar-refractivity contribution in [3.8, 4) is 10.6 Å². The fraction of sp³-hybridized carbons (Fsp3) is 0.100. The van der Waals surface area contributed by atoms with E-state index in [4.69, 9.17) is 0 Å². The molecule has 26 heavy (non-hydrogen) atoms. The lowest BCUT2D eigenvalue weighted by atomic mass is 10.2. The van der Waals surface area contributed by atoms with E-state index in [1.165, 1.54) is 0 Å². The molecular formula is C20H16N4OS. The van der Waals surface area contributed by atoms with Gasteiger partial charge in [-0.1, -0.05) is 18.2 Å². The molecule has 3 aromatic heterocycles. The number of benzene rings is 1. The largest absolute Gasteiger partial charge is 0.324 e. The summed E-state index contributed by atoms with van der Waals surface area (Å²) >= 11 is 1.58. The van der Waals surface area contributed by atoms with E-state index in [9.17, 15) is 4.79 Å². The number of rotatable bonds is 5. The highest BCUT2D eigenvalue weighted by molar-refractivity contribution is 7.13. The summed E-state index contributed by atoms with van der Waals surface area (Å²) in [5.74, 6) is -0.0402. The number of carbonyl (C=O) groups excluding carboxylic acids is 1. The Morgan fingerprint density at radius 3 is 2.77 bits per heavy atom. The van der Waals surface area contributed by atoms with Crippen LogP contribution in [0.3, 0.4) is 0 Å². The van der Waals surface area contributed by atoms with E-state index in [-0.39, 0.29) is 5.91 Å². The van der Waals surface area contributed by atoms with Gasteiger partial charge in [0.15, 0.2) is 0 Å². The van der Waals surface area contributed by atoms with Gasteiger partial charge in [0.25, 0.3) is 0 Å². The first kappa shape index (κ1) is 16.4. The number of hydrogen-bond acceptors (Lipinski definition) is 5. The number of nitrogens with one attached hydrogen (secondary N) is 1. The Labute approximate surface area is 154 Å². The van der Waals surface area contributed by atoms with E-state index in [0.29, 0.717) is 12.8 Å². The Morgan fingerprint density at radius 1 is 1.04 bits per heavy atom. The number of aromatic nitrogens is 3. The molecule has 3 heterocycles. The van der Waals surface area contributed by atoms with Gasteiger partial charge in [-0.15, -0.1) is 11.3 Å². The van der Waals surface area contributed by atoms with Crippen molar-refractivity contribution in [1.82, 2.24) is 15.0 Å². The number of hydrogen-bond donors (Lipinski definition) is 1. The van der Waals surface area contributed by atoms with Gasteiger partial charge in [0.05, 0.1) is 16.9 Å². The lowest BCUT2D eigenvalue weighted by molar-refractivity contribution is -0.116. The van der Waals surface area contributed by atoms with Gasteiger partial charge in [-0.25, -0.2) is 4.98 Å². The van der Waals surface area contributed by atoms with Gasteiger partial charge in [-0.2, -0.15) is 0 Å². The molecule has 0 spiro atoms. The topological polar surface area (TPSA) is 67.8 Å². The second kappa shape index (κ2) is 7.41. The second-order valence-corrected chi connectivity index (χ2v) is 6.67. The normalized spacial score (nSPS) is 10.8. The van der Waals surface area contributed by atoms with Crippen LogP contribution in [0.5, 0.6) is 0 Å². The van der Waals surface area contributed by atoms with Crippen LogP contribution < -0.4 is 5.32 Å². The van der Waals surface area contributed by atoms with Crippen molar-refractivity contribution in [1.29, 1.82) is 0 Å². The highest BCUT2D eigenvalue weighted by Gasteiger charge is 2.09. The molecule has 6 heteroatoms. The minimum atomic E-state index is -0.0402. The van der Waals surface area contributed by atoms with Crippen molar-refractivity contribution < 1.29 is 4.79 Å². The molecule has 4 aromatic rings. The summed E-state index contributed by atoms with van der Waals surface area (Å²) < 4.78 is 0. The smallest absolute Gasteiger partial charge is 0.224 e. The van der Waals surface area contributed by atoms with Gasteiger partial charge >= 0.3 is 0 Å². The van der Waals surface area contributed by atoms with E-state index >= 15 is 0 Å². The third-order valence-electron chi connectivity index (χ3n) is 3.99. The number of thiazole rings is 1. The van der Waals surface area contributed by atoms with Crippen LogP contribution in [-0.4, -0.2) is 20.9 Å². The molecule has 0 aliphatic carbocycles. The standard InChI is InChI=1S/C20H16N4OS/c25-18(24-17-5-1-3-14-4-2-10-22-19(14)17)7-6-16-13-26-20(23-16)15-8-11-21-12-9-15/h1-5,8-13H,6-7H2,(H,24,25). The highest BCUT2D eigenvalue weighted by atomic mass is 32.1. The molecule has 0 aliphatic rings. The van der Waals surface area contributed by atoms with Crippen LogP contribution in [0.2, 0.25) is 0 Å². The number of carbonyl (C=O) groups is 1. The first-order chi connectivity index (χ1) is 12.8. The summed E-state index contributed by atoms with van der Waals surface area (Å²) in [7, 11) is 0. The van der Waals surface area contributed by atoms with Crippen molar-refractivity contribution in [2.45, 2.75) is 12.8 Å². The lowest BCUT2D eigenvalue weighted by Crippen LogP contribution is -2.13. The Kier molecular flexibility index (Phi) is 4.66. The predicted molar refractivity (Wildman–Crippen MR) is 104 cm³/mol. The zero-order valence-corrected chi connectivity index (χ0v) is 14.7. The molecule has 1 aromatic carbocycles. The molecule has 0 saturated carbocycles. The first-order valence-corrected chi connectivity index (χ1v) is 9.16. The Morgan fingerprint density at radius 2 is 1.88 bits per heavy atom. The maximum atomic E-state index is 12.3. The molecule has 1 amide bonds. The maximum Gasteiger partial charge on any atom is 0.224 e. The van der Waals surface area contributed by atoms with Gasteiger partial charge in [-0.05, 0) is 30.7 Å². The molecule has 5 nitrogen and oxygen atoms in total. The summed E-state index contributed by atoms with van der Waals surface area (Å²) in [4.78, 5) is 25.3. The molecular weight excluding hydrogens is 344 g/mol. The molecule has 4 rings (SSSR count). The second-order valence-electron chi connectivity index (χ2n) is 5.81. The third-order valence-corrected chi connectivity index (χ3v) is 4.93. The van der Waals surface area contributed by atoms with Crippen LogP contribution in [0.4, 0.5) is 5.69 Å². The highest BCUT2D eigenvalue weighted by Crippen LogP contribution is 2.24. The zero-order chi connectivity index (χ0) is 17.8. The first-order valence-electron chi connectivity index (χ1n) is 8.28. The van der Waals surface area contributed by atoms with Crippen molar-refractivity contribution in [3.63, 3.8) is 0 Å². The van der Waals surface area contributed by atoms with E-state index in [2.05, 4.69) is 20.3 Å². The lowest BCUT2D eigenvalue weighted by Gasteiger charge is -2.07. The summed E-state index contributed by atoms with van der Waals surface area (Å²) in [6.45, 7) is 0. The zero-order valence-electron chi connectivity index (χ0n) is 13.9. The van der Waals surface area contributed by atoms with Crippen LogP contribution >= 0.6 is 11.3 Å². The van der Waals surface area contributed by atoms with Crippen molar-refractivity contribution >= 4 is 33.8 Å². The van der Waals surface area contributed by atoms with E-state index < -0.39 is 0 Å². The molecule has 0 radical (unpaired) electrons. The number of pyridine rings is 2. The number of amides is 1. The summed E-state index contributed by atoms with van der Waals surface area (Å²) in [6.07, 6.45) is 6.21. The van der Waals surface area contributed by atoms with Crippen LogP contribution in [0.25, 0.3) is 21.5 Å². The van der Waals surface area contributed by atoms with Crippen molar-refractivity contribution in [2.75, 3.05) is 5.32 Å². The third kappa shape index (κ3) is 3.60. The maximum absolute atomic E-state index is 12.3. The van der Waals surface area contributed by atoms with Gasteiger partial charge in [0, 0.05) is 41.3 Å². The number of para-hydroxylation sites is 1. The Hall–Kier alpha value is -3.12. The summed E-state index contributed by atoms with van der Waals surface area (Å²) in [5.41, 5.74) is 3.51. The Bertz CT molecular complexity index is 1040. The van der Waals surface area contributed by atoms with Gasteiger partial charge in [0.2, 0.25) is 5.91 Å². The fourth-order valence-electron chi connectivity index (χ4n) is 2.71. The number of anilines is 1. The van der Waals surface area contributed by atoms with Crippen molar-refractivity contribution in [3.05, 3.63) is 72.1 Å². The van der Waals surface area contributed by atoms with Gasteiger partial charge in [-0.3, -0.25) is 14.8 Å². The fourth-order valence-corrected chi connectivity index (χ4v) is 3.57. The molecule has 128 valence electrons. The molecule has 0 fully saturated rings. The van der Waals surface area contributed by atoms with Gasteiger partial charge in [0.1, 0.15) is 5.01 Å².